The number of nitrogens with zero attached hydrogens (tertiary/aromatic N) is 1. The number of hydrazine groups is 1. The number of hydrogen-bond acceptors (Lipinski definition) is 5. The molecule has 104 valence electrons. The molecule has 0 aromatic carbocycles. The highest BCUT2D eigenvalue weighted by Gasteiger charge is 2.24. The Morgan fingerprint density at radius 2 is 2.21 bits per heavy atom. The first kappa shape index (κ1) is 15.2. The highest BCUT2D eigenvalue weighted by molar-refractivity contribution is 5.95. The summed E-state index contributed by atoms with van der Waals surface area (Å²) in [6, 6.07) is 0. The van der Waals surface area contributed by atoms with Crippen LogP contribution in [0.2, 0.25) is 0 Å². The topological polar surface area (TPSA) is 75.8 Å². The lowest BCUT2D eigenvalue weighted by Crippen LogP contribution is -2.31. The van der Waals surface area contributed by atoms with Crippen LogP contribution in [0.4, 0.5) is 0 Å². The number of ether oxygens (including phenoxy) is 1. The summed E-state index contributed by atoms with van der Waals surface area (Å²) in [5.74, 6) is 5.38. The van der Waals surface area contributed by atoms with Gasteiger partial charge >= 0.3 is 5.97 Å². The van der Waals surface area contributed by atoms with Crippen molar-refractivity contribution in [2.45, 2.75) is 20.3 Å². The van der Waals surface area contributed by atoms with E-state index in [0.29, 0.717) is 28.8 Å². The molecule has 0 bridgehead atoms. The number of rotatable bonds is 5. The van der Waals surface area contributed by atoms with Gasteiger partial charge in [-0.15, -0.1) is 0 Å². The van der Waals surface area contributed by atoms with E-state index in [1.807, 2.05) is 6.92 Å². The van der Waals surface area contributed by atoms with Crippen LogP contribution in [0.5, 0.6) is 0 Å². The van der Waals surface area contributed by atoms with Crippen molar-refractivity contribution in [2.24, 2.45) is 5.84 Å². The summed E-state index contributed by atoms with van der Waals surface area (Å²) >= 11 is 0. The van der Waals surface area contributed by atoms with E-state index >= 15 is 0 Å². The molecule has 5 heteroatoms. The second-order valence-electron chi connectivity index (χ2n) is 4.00. The first-order valence-electron chi connectivity index (χ1n) is 6.18. The van der Waals surface area contributed by atoms with E-state index in [4.69, 9.17) is 10.6 Å². The molecule has 0 spiro atoms. The molecular formula is C14H20N2O3. The van der Waals surface area contributed by atoms with E-state index in [-0.39, 0.29) is 13.2 Å². The molecule has 0 saturated heterocycles. The summed E-state index contributed by atoms with van der Waals surface area (Å²) in [4.78, 5) is 12.1. The molecule has 0 amide bonds. The van der Waals surface area contributed by atoms with Gasteiger partial charge in [-0.2, -0.15) is 0 Å². The number of carbonyl (C=O) groups excluding carboxylic acids is 1. The highest BCUT2D eigenvalue weighted by Crippen LogP contribution is 2.27. The lowest BCUT2D eigenvalue weighted by atomic mass is 9.97. The second kappa shape index (κ2) is 6.92. The second-order valence-corrected chi connectivity index (χ2v) is 4.00. The summed E-state index contributed by atoms with van der Waals surface area (Å²) in [6.07, 6.45) is 5.61. The van der Waals surface area contributed by atoms with Gasteiger partial charge in [-0.1, -0.05) is 19.6 Å². The van der Waals surface area contributed by atoms with Gasteiger partial charge in [-0.05, 0) is 25.0 Å². The number of allylic oxidation sites excluding steroid dienone is 2. The van der Waals surface area contributed by atoms with E-state index in [1.54, 1.807) is 25.3 Å². The Morgan fingerprint density at radius 1 is 1.53 bits per heavy atom. The van der Waals surface area contributed by atoms with Crippen molar-refractivity contribution in [2.75, 3.05) is 13.2 Å². The Balaban J connectivity index is 3.37. The zero-order valence-electron chi connectivity index (χ0n) is 11.3. The molecule has 1 aliphatic rings. The minimum Gasteiger partial charge on any atom is -0.462 e. The fourth-order valence-corrected chi connectivity index (χ4v) is 1.78. The van der Waals surface area contributed by atoms with Crippen molar-refractivity contribution >= 4 is 5.97 Å². The zero-order valence-corrected chi connectivity index (χ0v) is 11.3. The van der Waals surface area contributed by atoms with Gasteiger partial charge in [0, 0.05) is 11.8 Å². The SMILES string of the molecule is C=C(CC)/C(C(=O)OCC)=C1/C(CO)=CC=CN1N. The van der Waals surface area contributed by atoms with Crippen molar-refractivity contribution in [3.8, 4) is 0 Å². The minimum atomic E-state index is -0.477. The molecule has 0 unspecified atom stereocenters. The van der Waals surface area contributed by atoms with Crippen molar-refractivity contribution in [1.29, 1.82) is 0 Å². The van der Waals surface area contributed by atoms with E-state index in [9.17, 15) is 9.90 Å². The lowest BCUT2D eigenvalue weighted by Gasteiger charge is -2.26. The first-order chi connectivity index (χ1) is 9.06. The van der Waals surface area contributed by atoms with Gasteiger partial charge in [-0.25, -0.2) is 10.6 Å². The van der Waals surface area contributed by atoms with Crippen molar-refractivity contribution in [3.63, 3.8) is 0 Å². The number of aliphatic hydroxyl groups is 1. The fourth-order valence-electron chi connectivity index (χ4n) is 1.78. The number of nitrogens with two attached hydrogens (primary N) is 1. The van der Waals surface area contributed by atoms with Gasteiger partial charge < -0.3 is 9.84 Å². The standard InChI is InChI=1S/C14H20N2O3/c1-4-10(3)12(14(18)19-5-2)13-11(9-17)7-6-8-16(13)15/h6-8,17H,3-5,9,15H2,1-2H3/b13-12+. The van der Waals surface area contributed by atoms with Gasteiger partial charge in [0.25, 0.3) is 0 Å². The lowest BCUT2D eigenvalue weighted by molar-refractivity contribution is -0.138. The number of esters is 1. The number of hydrogen-bond donors (Lipinski definition) is 2. The minimum absolute atomic E-state index is 0.215. The average molecular weight is 264 g/mol. The molecular weight excluding hydrogens is 244 g/mol. The predicted octanol–water partition coefficient (Wildman–Crippen LogP) is 1.39. The summed E-state index contributed by atoms with van der Waals surface area (Å²) in [5.41, 5.74) is 1.94. The Morgan fingerprint density at radius 3 is 2.74 bits per heavy atom. The third kappa shape index (κ3) is 3.33. The fraction of sp³-hybridized carbons (Fsp3) is 0.357. The Hall–Kier alpha value is -1.85. The Labute approximate surface area is 113 Å². The van der Waals surface area contributed by atoms with Crippen molar-refractivity contribution in [1.82, 2.24) is 5.01 Å². The molecule has 0 aromatic heterocycles. The van der Waals surface area contributed by atoms with Crippen LogP contribution in [-0.2, 0) is 9.53 Å². The first-order valence-corrected chi connectivity index (χ1v) is 6.18. The molecule has 0 saturated carbocycles. The van der Waals surface area contributed by atoms with Gasteiger partial charge in [0.15, 0.2) is 0 Å². The normalized spacial score (nSPS) is 17.1. The maximum atomic E-state index is 12.1. The van der Waals surface area contributed by atoms with Crippen LogP contribution in [-0.4, -0.2) is 29.3 Å². The van der Waals surface area contributed by atoms with Crippen LogP contribution in [0.1, 0.15) is 20.3 Å². The average Bonchev–Trinajstić information content (AvgIpc) is 2.40. The van der Waals surface area contributed by atoms with Gasteiger partial charge in [0.1, 0.15) is 0 Å². The quantitative estimate of drug-likeness (QED) is 0.446. The van der Waals surface area contributed by atoms with Gasteiger partial charge in [0.2, 0.25) is 0 Å². The monoisotopic (exact) mass is 264 g/mol. The van der Waals surface area contributed by atoms with E-state index in [1.165, 1.54) is 5.01 Å². The maximum Gasteiger partial charge on any atom is 0.340 e. The van der Waals surface area contributed by atoms with Crippen LogP contribution in [0, 0.1) is 0 Å². The zero-order chi connectivity index (χ0) is 14.4. The van der Waals surface area contributed by atoms with Crippen molar-refractivity contribution < 1.29 is 14.6 Å². The molecule has 0 aromatic rings. The molecule has 0 radical (unpaired) electrons. The van der Waals surface area contributed by atoms with Gasteiger partial charge in [-0.3, -0.25) is 5.01 Å². The van der Waals surface area contributed by atoms with E-state index in [2.05, 4.69) is 6.58 Å². The molecule has 5 nitrogen and oxygen atoms in total. The molecule has 0 aliphatic carbocycles. The van der Waals surface area contributed by atoms with Crippen LogP contribution in [0.3, 0.4) is 0 Å². The third-order valence-corrected chi connectivity index (χ3v) is 2.77. The summed E-state index contributed by atoms with van der Waals surface area (Å²) in [6.45, 7) is 7.56. The molecule has 0 fully saturated rings. The molecule has 19 heavy (non-hydrogen) atoms. The van der Waals surface area contributed by atoms with E-state index in [0.717, 1.165) is 0 Å². The molecule has 0 atom stereocenters. The van der Waals surface area contributed by atoms with Gasteiger partial charge in [0.05, 0.1) is 24.5 Å². The van der Waals surface area contributed by atoms with E-state index < -0.39 is 5.97 Å². The molecule has 1 aliphatic heterocycles. The molecule has 1 heterocycles. The molecule has 1 rings (SSSR count). The smallest absolute Gasteiger partial charge is 0.340 e. The van der Waals surface area contributed by atoms with Crippen molar-refractivity contribution in [3.05, 3.63) is 47.3 Å². The van der Waals surface area contributed by atoms with Crippen LogP contribution >= 0.6 is 0 Å². The Bertz CT molecular complexity index is 461. The largest absolute Gasteiger partial charge is 0.462 e. The summed E-state index contributed by atoms with van der Waals surface area (Å²) in [7, 11) is 0. The predicted molar refractivity (Wildman–Crippen MR) is 73.4 cm³/mol. The maximum absolute atomic E-state index is 12.1. The third-order valence-electron chi connectivity index (χ3n) is 2.77. The van der Waals surface area contributed by atoms with Crippen LogP contribution < -0.4 is 5.84 Å². The molecule has 3 N–H and O–H groups in total. The highest BCUT2D eigenvalue weighted by atomic mass is 16.5. The summed E-state index contributed by atoms with van der Waals surface area (Å²) < 4.78 is 5.05. The van der Waals surface area contributed by atoms with Crippen LogP contribution in [0.25, 0.3) is 0 Å². The van der Waals surface area contributed by atoms with Crippen LogP contribution in [0.15, 0.2) is 47.3 Å². The Kier molecular flexibility index (Phi) is 5.54. The number of carbonyl (C=O) groups is 1. The summed E-state index contributed by atoms with van der Waals surface area (Å²) in [5, 5.41) is 10.7. The number of aliphatic hydroxyl groups excluding tert-OH is 1.